The van der Waals surface area contributed by atoms with E-state index < -0.39 is 23.3 Å². The Morgan fingerprint density at radius 2 is 1.93 bits per heavy atom. The van der Waals surface area contributed by atoms with Gasteiger partial charge in [-0.3, -0.25) is 4.79 Å². The molecule has 0 aliphatic heterocycles. The monoisotopic (exact) mass is 268 g/mol. The second-order valence-corrected chi connectivity index (χ2v) is 3.26. The van der Waals surface area contributed by atoms with E-state index >= 15 is 0 Å². The van der Waals surface area contributed by atoms with E-state index in [1.165, 1.54) is 12.1 Å². The molecule has 14 heavy (non-hydrogen) atoms. The van der Waals surface area contributed by atoms with Crippen LogP contribution in [-0.4, -0.2) is 17.1 Å². The Balaban J connectivity index is 3.21. The van der Waals surface area contributed by atoms with Gasteiger partial charge in [-0.2, -0.15) is 13.2 Å². The minimum atomic E-state index is -4.93. The number of alkyl halides is 3. The molecular weight excluding hydrogens is 265 g/mol. The first-order valence-corrected chi connectivity index (χ1v) is 4.22. The number of aromatic hydroxyl groups is 1. The van der Waals surface area contributed by atoms with Crippen molar-refractivity contribution >= 4 is 21.7 Å². The molecule has 0 saturated heterocycles. The highest BCUT2D eigenvalue weighted by Gasteiger charge is 2.40. The first kappa shape index (κ1) is 11.0. The van der Waals surface area contributed by atoms with Crippen LogP contribution in [0.1, 0.15) is 10.4 Å². The van der Waals surface area contributed by atoms with Crippen molar-refractivity contribution in [2.75, 3.05) is 0 Å². The summed E-state index contributed by atoms with van der Waals surface area (Å²) in [7, 11) is 0. The SMILES string of the molecule is O=C(c1cccc(O)c1Br)C(F)(F)F. The van der Waals surface area contributed by atoms with Gasteiger partial charge in [0.25, 0.3) is 5.78 Å². The average molecular weight is 269 g/mol. The molecule has 0 heterocycles. The number of hydrogen-bond acceptors (Lipinski definition) is 2. The standard InChI is InChI=1S/C8H4BrF3O2/c9-6-4(2-1-3-5(6)13)7(14)8(10,11)12/h1-3,13H. The van der Waals surface area contributed by atoms with Crippen LogP contribution in [0.2, 0.25) is 0 Å². The molecule has 0 atom stereocenters. The summed E-state index contributed by atoms with van der Waals surface area (Å²) in [6, 6.07) is 3.33. The lowest BCUT2D eigenvalue weighted by molar-refractivity contribution is -0.0885. The number of ketones is 1. The van der Waals surface area contributed by atoms with E-state index in [-0.39, 0.29) is 4.47 Å². The van der Waals surface area contributed by atoms with Crippen LogP contribution in [-0.2, 0) is 0 Å². The maximum absolute atomic E-state index is 12.0. The zero-order valence-electron chi connectivity index (χ0n) is 6.60. The third kappa shape index (κ3) is 2.06. The summed E-state index contributed by atoms with van der Waals surface area (Å²) in [5.74, 6) is -2.39. The number of phenolic OH excluding ortho intramolecular Hbond substituents is 1. The topological polar surface area (TPSA) is 37.3 Å². The van der Waals surface area contributed by atoms with Crippen LogP contribution >= 0.6 is 15.9 Å². The van der Waals surface area contributed by atoms with E-state index in [2.05, 4.69) is 15.9 Å². The summed E-state index contributed by atoms with van der Waals surface area (Å²) in [4.78, 5) is 10.8. The van der Waals surface area contributed by atoms with Crippen LogP contribution in [0.4, 0.5) is 13.2 Å². The summed E-state index contributed by atoms with van der Waals surface area (Å²) >= 11 is 2.70. The highest BCUT2D eigenvalue weighted by Crippen LogP contribution is 2.31. The lowest BCUT2D eigenvalue weighted by Crippen LogP contribution is -2.23. The van der Waals surface area contributed by atoms with Crippen molar-refractivity contribution in [3.05, 3.63) is 28.2 Å². The fourth-order valence-corrected chi connectivity index (χ4v) is 1.29. The molecule has 6 heteroatoms. The van der Waals surface area contributed by atoms with Crippen molar-refractivity contribution < 1.29 is 23.1 Å². The van der Waals surface area contributed by atoms with Gasteiger partial charge >= 0.3 is 6.18 Å². The lowest BCUT2D eigenvalue weighted by atomic mass is 10.1. The minimum absolute atomic E-state index is 0.248. The zero-order valence-corrected chi connectivity index (χ0v) is 8.19. The van der Waals surface area contributed by atoms with Crippen LogP contribution < -0.4 is 0 Å². The number of Topliss-reactive ketones (excluding diaryl/α,β-unsaturated/α-hetero) is 1. The first-order valence-electron chi connectivity index (χ1n) is 3.43. The number of phenols is 1. The summed E-state index contributed by atoms with van der Waals surface area (Å²) in [6.45, 7) is 0. The number of benzene rings is 1. The van der Waals surface area contributed by atoms with Crippen LogP contribution in [0, 0.1) is 0 Å². The first-order chi connectivity index (χ1) is 6.34. The Morgan fingerprint density at radius 3 is 2.43 bits per heavy atom. The Morgan fingerprint density at radius 1 is 1.36 bits per heavy atom. The molecule has 0 fully saturated rings. The molecule has 0 aromatic heterocycles. The summed E-state index contributed by atoms with van der Waals surface area (Å²) in [5.41, 5.74) is -0.600. The molecule has 0 aliphatic carbocycles. The molecule has 0 bridgehead atoms. The van der Waals surface area contributed by atoms with Crippen LogP contribution in [0.15, 0.2) is 22.7 Å². The fourth-order valence-electron chi connectivity index (χ4n) is 0.848. The zero-order chi connectivity index (χ0) is 10.9. The molecule has 0 radical (unpaired) electrons. The molecule has 0 amide bonds. The van der Waals surface area contributed by atoms with Crippen molar-refractivity contribution in [3.8, 4) is 5.75 Å². The third-order valence-electron chi connectivity index (χ3n) is 1.48. The van der Waals surface area contributed by atoms with Crippen molar-refractivity contribution in [2.24, 2.45) is 0 Å². The second-order valence-electron chi connectivity index (χ2n) is 2.47. The van der Waals surface area contributed by atoms with Crippen LogP contribution in [0.3, 0.4) is 0 Å². The van der Waals surface area contributed by atoms with E-state index in [0.717, 1.165) is 6.07 Å². The molecular formula is C8H4BrF3O2. The summed E-state index contributed by atoms with van der Waals surface area (Å²) < 4.78 is 35.7. The van der Waals surface area contributed by atoms with Gasteiger partial charge in [0.15, 0.2) is 0 Å². The van der Waals surface area contributed by atoms with Crippen molar-refractivity contribution in [1.82, 2.24) is 0 Å². The van der Waals surface area contributed by atoms with Gasteiger partial charge in [0, 0.05) is 5.56 Å². The van der Waals surface area contributed by atoms with Gasteiger partial charge in [0.1, 0.15) is 5.75 Å². The van der Waals surface area contributed by atoms with Gasteiger partial charge in [-0.25, -0.2) is 0 Å². The molecule has 0 aliphatic rings. The second kappa shape index (κ2) is 3.61. The highest BCUT2D eigenvalue weighted by molar-refractivity contribution is 9.10. The molecule has 1 aromatic rings. The lowest BCUT2D eigenvalue weighted by Gasteiger charge is -2.07. The largest absolute Gasteiger partial charge is 0.507 e. The van der Waals surface area contributed by atoms with Gasteiger partial charge in [0.2, 0.25) is 0 Å². The molecule has 0 spiro atoms. The number of hydrogen-bond donors (Lipinski definition) is 1. The maximum Gasteiger partial charge on any atom is 0.454 e. The number of carbonyl (C=O) groups excluding carboxylic acids is 1. The highest BCUT2D eigenvalue weighted by atomic mass is 79.9. The molecule has 1 N–H and O–H groups in total. The van der Waals surface area contributed by atoms with E-state index in [4.69, 9.17) is 5.11 Å². The van der Waals surface area contributed by atoms with Crippen molar-refractivity contribution in [3.63, 3.8) is 0 Å². The van der Waals surface area contributed by atoms with E-state index in [1.54, 1.807) is 0 Å². The minimum Gasteiger partial charge on any atom is -0.507 e. The number of halogens is 4. The fraction of sp³-hybridized carbons (Fsp3) is 0.125. The smallest absolute Gasteiger partial charge is 0.454 e. The van der Waals surface area contributed by atoms with Gasteiger partial charge < -0.3 is 5.11 Å². The maximum atomic E-state index is 12.0. The number of carbonyl (C=O) groups is 1. The van der Waals surface area contributed by atoms with Gasteiger partial charge in [0.05, 0.1) is 4.47 Å². The molecule has 1 aromatic carbocycles. The molecule has 76 valence electrons. The average Bonchev–Trinajstić information content (AvgIpc) is 2.07. The molecule has 0 unspecified atom stereocenters. The van der Waals surface area contributed by atoms with Gasteiger partial charge in [-0.15, -0.1) is 0 Å². The van der Waals surface area contributed by atoms with Crippen LogP contribution in [0.5, 0.6) is 5.75 Å². The normalized spacial score (nSPS) is 11.4. The Hall–Kier alpha value is -1.04. The van der Waals surface area contributed by atoms with E-state index in [0.29, 0.717) is 0 Å². The Kier molecular flexibility index (Phi) is 2.84. The predicted molar refractivity (Wildman–Crippen MR) is 46.2 cm³/mol. The molecule has 1 rings (SSSR count). The van der Waals surface area contributed by atoms with E-state index in [1.807, 2.05) is 0 Å². The quantitative estimate of drug-likeness (QED) is 0.796. The Bertz CT molecular complexity index is 373. The third-order valence-corrected chi connectivity index (χ3v) is 2.31. The molecule has 0 saturated carbocycles. The van der Waals surface area contributed by atoms with Gasteiger partial charge in [-0.1, -0.05) is 6.07 Å². The molecule has 2 nitrogen and oxygen atoms in total. The van der Waals surface area contributed by atoms with Gasteiger partial charge in [-0.05, 0) is 28.1 Å². The summed E-state index contributed by atoms with van der Waals surface area (Å²) in [5, 5.41) is 9.05. The number of rotatable bonds is 1. The van der Waals surface area contributed by atoms with Crippen LogP contribution in [0.25, 0.3) is 0 Å². The van der Waals surface area contributed by atoms with Crippen molar-refractivity contribution in [2.45, 2.75) is 6.18 Å². The van der Waals surface area contributed by atoms with E-state index in [9.17, 15) is 18.0 Å². The Labute approximate surface area is 85.5 Å². The summed E-state index contributed by atoms with van der Waals surface area (Å²) in [6.07, 6.45) is -4.93. The predicted octanol–water partition coefficient (Wildman–Crippen LogP) is 2.90. The van der Waals surface area contributed by atoms with Crippen molar-refractivity contribution in [1.29, 1.82) is 0 Å².